The average molecular weight is 1390 g/mol. The maximum Gasteiger partial charge on any atom is 0.331 e. The Hall–Kier alpha value is -3.26. The van der Waals surface area contributed by atoms with Crippen molar-refractivity contribution in [2.75, 3.05) is 27.9 Å². The number of esters is 2. The molecule has 20 nitrogen and oxygen atoms in total. The number of hydrogen-bond acceptors (Lipinski definition) is 20. The maximum atomic E-state index is 13.9. The molecule has 20 heteroatoms. The van der Waals surface area contributed by atoms with Gasteiger partial charge in [0.15, 0.2) is 0 Å². The number of carbonyl (C=O) groups is 2. The third-order valence-electron chi connectivity index (χ3n) is 22.5. The van der Waals surface area contributed by atoms with Crippen LogP contribution in [-0.2, 0) is 52.2 Å². The Balaban J connectivity index is 1.35. The number of allylic oxidation sites excluding steroid dienone is 4. The van der Waals surface area contributed by atoms with Gasteiger partial charge in [0.1, 0.15) is 12.2 Å². The zero-order valence-corrected chi connectivity index (χ0v) is 62.0. The molecule has 0 saturated carbocycles. The lowest BCUT2D eigenvalue weighted by molar-refractivity contribution is -0.154. The molecule has 4 bridgehead atoms. The van der Waals surface area contributed by atoms with Crippen molar-refractivity contribution in [3.05, 3.63) is 71.9 Å². The summed E-state index contributed by atoms with van der Waals surface area (Å²) in [4.78, 5) is 27.8. The van der Waals surface area contributed by atoms with E-state index in [1.54, 1.807) is 75.0 Å². The van der Waals surface area contributed by atoms with E-state index in [1.807, 2.05) is 78.0 Å². The van der Waals surface area contributed by atoms with Crippen LogP contribution < -0.4 is 0 Å². The van der Waals surface area contributed by atoms with Crippen LogP contribution in [0.5, 0.6) is 0 Å². The number of ether oxygens (including phenoxy) is 9. The van der Waals surface area contributed by atoms with Crippen LogP contribution in [0.3, 0.4) is 0 Å². The van der Waals surface area contributed by atoms with Crippen LogP contribution in [0.2, 0.25) is 0 Å². The molecule has 2 fully saturated rings. The van der Waals surface area contributed by atoms with E-state index in [9.17, 15) is 55.5 Å². The van der Waals surface area contributed by atoms with Gasteiger partial charge in [-0.25, -0.2) is 9.59 Å². The molecule has 5 aliphatic rings. The minimum atomic E-state index is -1.15. The van der Waals surface area contributed by atoms with Crippen molar-refractivity contribution in [3.8, 4) is 0 Å². The van der Waals surface area contributed by atoms with E-state index in [0.717, 1.165) is 32.1 Å². The Kier molecular flexibility index (Phi) is 37.6. The number of aliphatic hydroxyl groups excluding tert-OH is 9. The van der Waals surface area contributed by atoms with Crippen LogP contribution in [0.4, 0.5) is 0 Å². The minimum Gasteiger partial charge on any atom is -0.459 e. The van der Waals surface area contributed by atoms with Gasteiger partial charge in [-0.15, -0.1) is 0 Å². The highest BCUT2D eigenvalue weighted by Crippen LogP contribution is 2.37. The summed E-state index contributed by atoms with van der Waals surface area (Å²) < 4.78 is 55.1. The van der Waals surface area contributed by atoms with Gasteiger partial charge in [0, 0.05) is 102 Å². The number of hydrogen-bond donors (Lipinski definition) is 9. The zero-order valence-electron chi connectivity index (χ0n) is 62.0. The minimum absolute atomic E-state index is 0.00962. The van der Waals surface area contributed by atoms with Crippen LogP contribution in [0.25, 0.3) is 0 Å². The van der Waals surface area contributed by atoms with Gasteiger partial charge in [-0.05, 0) is 135 Å². The van der Waals surface area contributed by atoms with Gasteiger partial charge in [-0.2, -0.15) is 0 Å². The van der Waals surface area contributed by atoms with E-state index in [2.05, 4.69) is 0 Å². The first-order valence-corrected chi connectivity index (χ1v) is 37.1. The molecule has 5 aliphatic heterocycles. The number of fused-ring (bicyclic) bond motifs is 4. The summed E-state index contributed by atoms with van der Waals surface area (Å²) in [5, 5.41) is 105. The summed E-state index contributed by atoms with van der Waals surface area (Å²) in [6, 6.07) is 0. The van der Waals surface area contributed by atoms with Crippen LogP contribution in [-0.4, -0.2) is 214 Å². The lowest BCUT2D eigenvalue weighted by Crippen LogP contribution is -2.45. The first-order chi connectivity index (χ1) is 46.4. The molecule has 564 valence electrons. The van der Waals surface area contributed by atoms with Gasteiger partial charge in [0.25, 0.3) is 0 Å². The van der Waals surface area contributed by atoms with Crippen molar-refractivity contribution < 1.29 is 98.2 Å². The summed E-state index contributed by atoms with van der Waals surface area (Å²) in [6.45, 7) is 22.1. The Bertz CT molecular complexity index is 2320. The van der Waals surface area contributed by atoms with Crippen molar-refractivity contribution in [3.63, 3.8) is 0 Å². The molecular weight excluding hydrogens is 1260 g/mol. The van der Waals surface area contributed by atoms with Crippen molar-refractivity contribution in [2.24, 2.45) is 53.3 Å². The van der Waals surface area contributed by atoms with Crippen LogP contribution in [0, 0.1) is 53.3 Å². The van der Waals surface area contributed by atoms with Gasteiger partial charge < -0.3 is 88.6 Å². The number of aliphatic hydroxyl groups is 9. The Morgan fingerprint density at radius 2 is 0.898 bits per heavy atom. The van der Waals surface area contributed by atoms with Crippen LogP contribution >= 0.6 is 0 Å². The van der Waals surface area contributed by atoms with E-state index in [4.69, 9.17) is 42.6 Å². The summed E-state index contributed by atoms with van der Waals surface area (Å²) in [5.41, 5.74) is 1.35. The van der Waals surface area contributed by atoms with E-state index in [-0.39, 0.29) is 106 Å². The molecule has 0 aromatic rings. The van der Waals surface area contributed by atoms with Gasteiger partial charge >= 0.3 is 11.9 Å². The van der Waals surface area contributed by atoms with Gasteiger partial charge in [0.2, 0.25) is 0 Å². The summed E-state index contributed by atoms with van der Waals surface area (Å²) >= 11 is 0. The van der Waals surface area contributed by atoms with Crippen molar-refractivity contribution in [1.82, 2.24) is 0 Å². The molecule has 30 atom stereocenters. The Morgan fingerprint density at radius 1 is 0.490 bits per heavy atom. The van der Waals surface area contributed by atoms with Crippen molar-refractivity contribution >= 4 is 11.9 Å². The smallest absolute Gasteiger partial charge is 0.331 e. The monoisotopic (exact) mass is 1390 g/mol. The second-order valence-electron chi connectivity index (χ2n) is 30.5. The second kappa shape index (κ2) is 43.1. The maximum absolute atomic E-state index is 13.9. The molecule has 5 heterocycles. The first kappa shape index (κ1) is 85.4. The van der Waals surface area contributed by atoms with E-state index < -0.39 is 133 Å². The van der Waals surface area contributed by atoms with Crippen LogP contribution in [0.1, 0.15) is 199 Å². The standard InChI is InChI=1S/C78H132O20/c1-45-22-28-58(80)37-61-19-16-18-60(95-61)36-57(44-79)51(7)68(82)42-71(53(9)77(88)55(11)75(86)47(3)26-30-64-39-66(90-13)34-49(5)93-64)97-73(84)32-24-46(2)23-29-59(81)38-62-20-17-21-63(96-62)41-70(92-15)52(8)69(83)43-72(98-74(85)33-25-45)54(10)78(89)56(12)76(87)48(4)27-31-65-40-67(91-14)35-50(6)94-65/h16-17,19-20,22-25,32-33,47-72,75-83,86-89H,18,21,26-31,34-44H2,1-15H3/b32-24+,33-25+,45-22+,46-23+/t47-,48-,49-,50-,51+,52-,53-,54-,55-,56-,57+,58-,59-,60?,61-,62+,63?,64-,65?,66+,67+,68-,69-,70-,71+,72+,75-,76-,77-,78-/m0/s1. The number of carbonyl (C=O) groups excluding carboxylic acids is 2. The lowest BCUT2D eigenvalue weighted by atomic mass is 9.78. The molecule has 0 spiro atoms. The molecule has 0 amide bonds. The molecule has 0 aliphatic carbocycles. The molecule has 5 rings (SSSR count). The van der Waals surface area contributed by atoms with Crippen molar-refractivity contribution in [1.29, 1.82) is 0 Å². The summed E-state index contributed by atoms with van der Waals surface area (Å²) in [6.07, 6.45) is 14.1. The lowest BCUT2D eigenvalue weighted by Gasteiger charge is -2.37. The van der Waals surface area contributed by atoms with E-state index in [1.165, 1.54) is 12.2 Å². The van der Waals surface area contributed by atoms with Crippen molar-refractivity contribution in [2.45, 2.75) is 327 Å². The van der Waals surface area contributed by atoms with Crippen LogP contribution in [0.15, 0.2) is 71.9 Å². The number of rotatable bonds is 20. The predicted octanol–water partition coefficient (Wildman–Crippen LogP) is 9.70. The zero-order chi connectivity index (χ0) is 72.5. The third-order valence-corrected chi connectivity index (χ3v) is 22.5. The molecule has 98 heavy (non-hydrogen) atoms. The van der Waals surface area contributed by atoms with Gasteiger partial charge in [-0.3, -0.25) is 0 Å². The third kappa shape index (κ3) is 28.1. The summed E-state index contributed by atoms with van der Waals surface area (Å²) in [5.74, 6) is -6.07. The quantitative estimate of drug-likeness (QED) is 0.0405. The Morgan fingerprint density at radius 3 is 1.30 bits per heavy atom. The first-order valence-electron chi connectivity index (χ1n) is 37.1. The predicted molar refractivity (Wildman–Crippen MR) is 377 cm³/mol. The molecule has 0 radical (unpaired) electrons. The number of methoxy groups -OCH3 is 3. The molecule has 3 unspecified atom stereocenters. The molecular formula is C78H132O20. The van der Waals surface area contributed by atoms with Gasteiger partial charge in [-0.1, -0.05) is 115 Å². The fourth-order valence-corrected chi connectivity index (χ4v) is 15.3. The molecule has 0 aromatic heterocycles. The Labute approximate surface area is 587 Å². The topological polar surface area (TPSA) is 299 Å². The highest BCUT2D eigenvalue weighted by Gasteiger charge is 2.42. The normalized spacial score (nSPS) is 38.9. The molecule has 2 saturated heterocycles. The summed E-state index contributed by atoms with van der Waals surface area (Å²) in [7, 11) is 5.00. The number of cyclic esters (lactones) is 2. The largest absolute Gasteiger partial charge is 0.459 e. The fourth-order valence-electron chi connectivity index (χ4n) is 15.3. The molecule has 0 aromatic carbocycles. The average Bonchev–Trinajstić information content (AvgIpc) is 0.858. The second-order valence-corrected chi connectivity index (χ2v) is 30.5. The molecule has 9 N–H and O–H groups in total. The highest BCUT2D eigenvalue weighted by atomic mass is 16.6. The van der Waals surface area contributed by atoms with E-state index >= 15 is 0 Å². The highest BCUT2D eigenvalue weighted by molar-refractivity contribution is 5.83. The van der Waals surface area contributed by atoms with Gasteiger partial charge in [0.05, 0.1) is 116 Å². The van der Waals surface area contributed by atoms with E-state index in [0.29, 0.717) is 56.1 Å². The fraction of sp³-hybridized carbons (Fsp3) is 0.821. The SMILES string of the molecule is CO[C@H]1CC(CC[C@H](C)[C@H](O)[C@H](C)[C@@H](O)[C@@H](C)[C@H]2C[C@H](O)[C@H](C)[C@@H](OC)CC3CC=C[C@H](C[C@@H](O)C/C=C(C)/C=C/C(=O)O[C@@H]([C@H](C)[C@H](O)[C@@H](C)[C@@H](O)[C@@H](C)CC[C@H]4C[C@H](OC)C[C@H](C)O4)C[C@H](O)[C@H](C)[C@@H](CO)CC4CC=C[C@@H](C[C@@H](O)C/C=C(C)/C=C/C(=O)O2)O4)O3)O[C@@H](C)C1.